The number of fused-ring (bicyclic) bond motifs is 1. The highest BCUT2D eigenvalue weighted by atomic mass is 16.5. The topological polar surface area (TPSA) is 125 Å². The number of furan rings is 1. The van der Waals surface area contributed by atoms with Gasteiger partial charge in [-0.15, -0.1) is 0 Å². The Morgan fingerprint density at radius 1 is 1.17 bits per heavy atom. The van der Waals surface area contributed by atoms with E-state index in [0.29, 0.717) is 46.7 Å². The average molecular weight is 414 g/mol. The minimum atomic E-state index is -0.464. The number of amides is 2. The molecule has 30 heavy (non-hydrogen) atoms. The summed E-state index contributed by atoms with van der Waals surface area (Å²) in [4.78, 5) is 40.9. The summed E-state index contributed by atoms with van der Waals surface area (Å²) in [5.74, 6) is 0.536. The highest BCUT2D eigenvalue weighted by molar-refractivity contribution is 5.96. The molecule has 0 fully saturated rings. The molecule has 3 rings (SSSR count). The second kappa shape index (κ2) is 9.12. The fourth-order valence-corrected chi connectivity index (χ4v) is 2.93. The number of hydrogen-bond acceptors (Lipinski definition) is 7. The monoisotopic (exact) mass is 414 g/mol. The van der Waals surface area contributed by atoms with Gasteiger partial charge in [0.1, 0.15) is 5.76 Å². The zero-order valence-electron chi connectivity index (χ0n) is 16.9. The van der Waals surface area contributed by atoms with Gasteiger partial charge in [0, 0.05) is 19.0 Å². The third-order valence-electron chi connectivity index (χ3n) is 4.55. The zero-order chi connectivity index (χ0) is 21.7. The van der Waals surface area contributed by atoms with Crippen LogP contribution in [-0.4, -0.2) is 35.6 Å². The highest BCUT2D eigenvalue weighted by Gasteiger charge is 2.13. The highest BCUT2D eigenvalue weighted by Crippen LogP contribution is 2.29. The lowest BCUT2D eigenvalue weighted by molar-refractivity contribution is -0.122. The molecule has 0 aliphatic rings. The molecule has 0 aliphatic heterocycles. The van der Waals surface area contributed by atoms with Crippen LogP contribution in [0.2, 0.25) is 0 Å². The van der Waals surface area contributed by atoms with Crippen molar-refractivity contribution in [3.8, 4) is 11.5 Å². The molecule has 2 aromatic heterocycles. The fourth-order valence-electron chi connectivity index (χ4n) is 2.93. The number of ether oxygens (including phenoxy) is 2. The zero-order valence-corrected chi connectivity index (χ0v) is 16.9. The lowest BCUT2D eigenvalue weighted by Gasteiger charge is -2.11. The number of aromatic nitrogens is 2. The maximum Gasteiger partial charge on any atom is 0.273 e. The summed E-state index contributed by atoms with van der Waals surface area (Å²) in [6.45, 7) is 1.94. The molecule has 0 aliphatic carbocycles. The van der Waals surface area contributed by atoms with Gasteiger partial charge in [0.15, 0.2) is 11.5 Å². The Kier molecular flexibility index (Phi) is 6.35. The van der Waals surface area contributed by atoms with Gasteiger partial charge in [-0.1, -0.05) is 0 Å². The van der Waals surface area contributed by atoms with Gasteiger partial charge in [-0.25, -0.2) is 4.98 Å². The van der Waals surface area contributed by atoms with E-state index in [4.69, 9.17) is 13.9 Å². The van der Waals surface area contributed by atoms with Crippen LogP contribution in [0.15, 0.2) is 40.0 Å². The van der Waals surface area contributed by atoms with Crippen molar-refractivity contribution >= 4 is 22.7 Å². The minimum absolute atomic E-state index is 0.112. The van der Waals surface area contributed by atoms with Crippen molar-refractivity contribution in [2.45, 2.75) is 26.3 Å². The number of carbonyl (C=O) groups is 2. The molecule has 0 saturated carbocycles. The molecule has 0 unspecified atom stereocenters. The molecule has 2 heterocycles. The molecule has 10 heteroatoms. The van der Waals surface area contributed by atoms with E-state index >= 15 is 0 Å². The van der Waals surface area contributed by atoms with Crippen LogP contribution in [0.5, 0.6) is 11.5 Å². The Morgan fingerprint density at radius 2 is 1.90 bits per heavy atom. The smallest absolute Gasteiger partial charge is 0.273 e. The summed E-state index contributed by atoms with van der Waals surface area (Å²) in [7, 11) is 3.00. The quantitative estimate of drug-likeness (QED) is 0.562. The van der Waals surface area contributed by atoms with Crippen molar-refractivity contribution in [3.63, 3.8) is 0 Å². The normalized spacial score (nSPS) is 10.6. The van der Waals surface area contributed by atoms with Gasteiger partial charge in [-0.3, -0.25) is 29.8 Å². The first-order chi connectivity index (χ1) is 14.4. The van der Waals surface area contributed by atoms with Crippen LogP contribution in [0.25, 0.3) is 10.9 Å². The Balaban J connectivity index is 1.58. The molecule has 0 radical (unpaired) electrons. The molecular formula is C20H22N4O6. The van der Waals surface area contributed by atoms with E-state index in [0.717, 1.165) is 0 Å². The molecule has 2 amide bonds. The molecule has 0 bridgehead atoms. The SMILES string of the molecule is COc1cc2ncn(CCCC(=O)NNC(=O)c3ccoc3C)c(=O)c2cc1OC. The van der Waals surface area contributed by atoms with E-state index in [1.54, 1.807) is 19.1 Å². The van der Waals surface area contributed by atoms with Crippen LogP contribution in [-0.2, 0) is 11.3 Å². The minimum Gasteiger partial charge on any atom is -0.493 e. The first-order valence-corrected chi connectivity index (χ1v) is 9.19. The molecular weight excluding hydrogens is 392 g/mol. The van der Waals surface area contributed by atoms with Crippen LogP contribution in [0, 0.1) is 6.92 Å². The van der Waals surface area contributed by atoms with Crippen LogP contribution >= 0.6 is 0 Å². The van der Waals surface area contributed by atoms with E-state index < -0.39 is 5.91 Å². The molecule has 3 aromatic rings. The first-order valence-electron chi connectivity index (χ1n) is 9.19. The molecule has 0 spiro atoms. The number of hydrazine groups is 1. The number of methoxy groups -OCH3 is 2. The summed E-state index contributed by atoms with van der Waals surface area (Å²) in [6.07, 6.45) is 3.32. The van der Waals surface area contributed by atoms with E-state index in [9.17, 15) is 14.4 Å². The predicted molar refractivity (Wildman–Crippen MR) is 107 cm³/mol. The lowest BCUT2D eigenvalue weighted by Crippen LogP contribution is -2.41. The summed E-state index contributed by atoms with van der Waals surface area (Å²) in [6, 6.07) is 4.73. The molecule has 0 saturated heterocycles. The number of nitrogens with one attached hydrogen (secondary N) is 2. The van der Waals surface area contributed by atoms with E-state index in [-0.39, 0.29) is 17.9 Å². The number of rotatable bonds is 7. The van der Waals surface area contributed by atoms with E-state index in [2.05, 4.69) is 15.8 Å². The standard InChI is InChI=1S/C20H22N4O6/c1-12-13(6-8-30-12)19(26)23-22-18(25)5-4-7-24-11-21-15-10-17(29-3)16(28-2)9-14(15)20(24)27/h6,8-11H,4-5,7H2,1-3H3,(H,22,25)(H,23,26). The van der Waals surface area contributed by atoms with Gasteiger partial charge in [0.25, 0.3) is 11.5 Å². The number of hydrogen-bond donors (Lipinski definition) is 2. The van der Waals surface area contributed by atoms with Crippen molar-refractivity contribution in [3.05, 3.63) is 52.5 Å². The Hall–Kier alpha value is -3.82. The Bertz CT molecular complexity index is 1130. The second-order valence-corrected chi connectivity index (χ2v) is 6.46. The van der Waals surface area contributed by atoms with Gasteiger partial charge in [0.2, 0.25) is 5.91 Å². The van der Waals surface area contributed by atoms with Crippen LogP contribution < -0.4 is 25.9 Å². The van der Waals surface area contributed by atoms with Crippen molar-refractivity contribution in [1.29, 1.82) is 0 Å². The number of benzene rings is 1. The van der Waals surface area contributed by atoms with Gasteiger partial charge in [-0.05, 0) is 25.5 Å². The van der Waals surface area contributed by atoms with Gasteiger partial charge >= 0.3 is 0 Å². The van der Waals surface area contributed by atoms with Crippen LogP contribution in [0.4, 0.5) is 0 Å². The van der Waals surface area contributed by atoms with Gasteiger partial charge in [0.05, 0.1) is 43.3 Å². The average Bonchev–Trinajstić information content (AvgIpc) is 3.18. The summed E-state index contributed by atoms with van der Waals surface area (Å²) < 4.78 is 16.9. The van der Waals surface area contributed by atoms with Crippen molar-refractivity contribution in [2.24, 2.45) is 0 Å². The van der Waals surface area contributed by atoms with Crippen molar-refractivity contribution < 1.29 is 23.5 Å². The number of nitrogens with zero attached hydrogens (tertiary/aromatic N) is 2. The van der Waals surface area contributed by atoms with E-state index in [1.165, 1.54) is 37.4 Å². The van der Waals surface area contributed by atoms with Crippen molar-refractivity contribution in [1.82, 2.24) is 20.4 Å². The first kappa shape index (κ1) is 20.9. The fraction of sp³-hybridized carbons (Fsp3) is 0.300. The third kappa shape index (κ3) is 4.43. The number of carbonyl (C=O) groups excluding carboxylic acids is 2. The Morgan fingerprint density at radius 3 is 2.57 bits per heavy atom. The van der Waals surface area contributed by atoms with Crippen LogP contribution in [0.3, 0.4) is 0 Å². The van der Waals surface area contributed by atoms with Gasteiger partial charge < -0.3 is 13.9 Å². The second-order valence-electron chi connectivity index (χ2n) is 6.46. The molecule has 10 nitrogen and oxygen atoms in total. The number of aryl methyl sites for hydroxylation is 2. The van der Waals surface area contributed by atoms with E-state index in [1.807, 2.05) is 0 Å². The molecule has 1 aromatic carbocycles. The maximum atomic E-state index is 12.7. The molecule has 158 valence electrons. The van der Waals surface area contributed by atoms with Crippen molar-refractivity contribution in [2.75, 3.05) is 14.2 Å². The maximum absolute atomic E-state index is 12.7. The van der Waals surface area contributed by atoms with Crippen LogP contribution in [0.1, 0.15) is 29.0 Å². The third-order valence-corrected chi connectivity index (χ3v) is 4.55. The lowest BCUT2D eigenvalue weighted by atomic mass is 10.2. The largest absolute Gasteiger partial charge is 0.493 e. The molecule has 0 atom stereocenters. The predicted octanol–water partition coefficient (Wildman–Crippen LogP) is 1.56. The van der Waals surface area contributed by atoms with Gasteiger partial charge in [-0.2, -0.15) is 0 Å². The summed E-state index contributed by atoms with van der Waals surface area (Å²) >= 11 is 0. The summed E-state index contributed by atoms with van der Waals surface area (Å²) in [5.41, 5.74) is 5.26. The molecule has 2 N–H and O–H groups in total. The Labute approximate surface area is 171 Å². The summed E-state index contributed by atoms with van der Waals surface area (Å²) in [5, 5.41) is 0.391.